The van der Waals surface area contributed by atoms with E-state index in [2.05, 4.69) is 27.5 Å². The SMILES string of the molecule is COc1ccc(CCNc2cc(C)nc(-c3c(C)nn(C)c3C)n2)cc1. The summed E-state index contributed by atoms with van der Waals surface area (Å²) < 4.78 is 7.06. The van der Waals surface area contributed by atoms with E-state index in [0.29, 0.717) is 0 Å². The first-order valence-corrected chi connectivity index (χ1v) is 8.71. The zero-order chi connectivity index (χ0) is 18.7. The van der Waals surface area contributed by atoms with Crippen molar-refractivity contribution in [3.63, 3.8) is 0 Å². The molecule has 3 aromatic rings. The molecule has 3 rings (SSSR count). The van der Waals surface area contributed by atoms with Crippen LogP contribution in [0.4, 0.5) is 5.82 Å². The lowest BCUT2D eigenvalue weighted by Crippen LogP contribution is -2.08. The second kappa shape index (κ2) is 7.56. The van der Waals surface area contributed by atoms with Gasteiger partial charge in [-0.2, -0.15) is 5.10 Å². The summed E-state index contributed by atoms with van der Waals surface area (Å²) in [5.41, 5.74) is 5.21. The minimum Gasteiger partial charge on any atom is -0.497 e. The minimum atomic E-state index is 0.722. The normalized spacial score (nSPS) is 10.8. The van der Waals surface area contributed by atoms with Crippen LogP contribution < -0.4 is 10.1 Å². The van der Waals surface area contributed by atoms with Gasteiger partial charge in [-0.3, -0.25) is 4.68 Å². The monoisotopic (exact) mass is 351 g/mol. The first-order valence-electron chi connectivity index (χ1n) is 8.71. The Labute approximate surface area is 154 Å². The van der Waals surface area contributed by atoms with E-state index in [1.54, 1.807) is 7.11 Å². The van der Waals surface area contributed by atoms with Crippen molar-refractivity contribution in [2.24, 2.45) is 7.05 Å². The highest BCUT2D eigenvalue weighted by Crippen LogP contribution is 2.24. The fraction of sp³-hybridized carbons (Fsp3) is 0.350. The summed E-state index contributed by atoms with van der Waals surface area (Å²) in [5.74, 6) is 2.43. The molecule has 0 amide bonds. The number of methoxy groups -OCH3 is 1. The molecule has 0 fully saturated rings. The molecule has 1 N–H and O–H groups in total. The Bertz CT molecular complexity index is 899. The van der Waals surface area contributed by atoms with Gasteiger partial charge in [0.1, 0.15) is 11.6 Å². The van der Waals surface area contributed by atoms with Gasteiger partial charge < -0.3 is 10.1 Å². The van der Waals surface area contributed by atoms with Crippen LogP contribution in [0.15, 0.2) is 30.3 Å². The molecule has 0 saturated heterocycles. The minimum absolute atomic E-state index is 0.722. The van der Waals surface area contributed by atoms with Crippen LogP contribution in [0, 0.1) is 20.8 Å². The van der Waals surface area contributed by atoms with Crippen molar-refractivity contribution in [2.75, 3.05) is 19.0 Å². The summed E-state index contributed by atoms with van der Waals surface area (Å²) in [6, 6.07) is 10.1. The van der Waals surface area contributed by atoms with E-state index in [1.807, 2.05) is 50.7 Å². The van der Waals surface area contributed by atoms with Crippen molar-refractivity contribution in [1.82, 2.24) is 19.7 Å². The van der Waals surface area contributed by atoms with Crippen LogP contribution in [0.2, 0.25) is 0 Å². The number of nitrogens with zero attached hydrogens (tertiary/aromatic N) is 4. The standard InChI is InChI=1S/C20H25N5O/c1-13-12-18(21-11-10-16-6-8-17(26-5)9-7-16)23-20(22-13)19-14(2)24-25(4)15(19)3/h6-9,12H,10-11H2,1-5H3,(H,21,22,23). The molecule has 0 saturated carbocycles. The summed E-state index contributed by atoms with van der Waals surface area (Å²) in [7, 11) is 3.62. The second-order valence-electron chi connectivity index (χ2n) is 6.41. The predicted molar refractivity (Wildman–Crippen MR) is 104 cm³/mol. The Morgan fingerprint density at radius 1 is 1.08 bits per heavy atom. The summed E-state index contributed by atoms with van der Waals surface area (Å²) in [5, 5.41) is 7.88. The Morgan fingerprint density at radius 2 is 1.81 bits per heavy atom. The van der Waals surface area contributed by atoms with Crippen LogP contribution in [0.3, 0.4) is 0 Å². The van der Waals surface area contributed by atoms with Crippen LogP contribution in [0.1, 0.15) is 22.6 Å². The molecule has 0 atom stereocenters. The number of rotatable bonds is 6. The van der Waals surface area contributed by atoms with Crippen molar-refractivity contribution in [2.45, 2.75) is 27.2 Å². The molecule has 26 heavy (non-hydrogen) atoms. The van der Waals surface area contributed by atoms with E-state index >= 15 is 0 Å². The highest BCUT2D eigenvalue weighted by atomic mass is 16.5. The number of hydrogen-bond acceptors (Lipinski definition) is 5. The molecule has 0 aliphatic rings. The quantitative estimate of drug-likeness (QED) is 0.737. The van der Waals surface area contributed by atoms with Gasteiger partial charge in [-0.1, -0.05) is 12.1 Å². The Morgan fingerprint density at radius 3 is 2.42 bits per heavy atom. The molecule has 0 unspecified atom stereocenters. The third-order valence-electron chi connectivity index (χ3n) is 4.47. The van der Waals surface area contributed by atoms with E-state index in [0.717, 1.165) is 53.0 Å². The molecule has 1 aromatic carbocycles. The first-order chi connectivity index (χ1) is 12.5. The van der Waals surface area contributed by atoms with Gasteiger partial charge in [0.2, 0.25) is 0 Å². The highest BCUT2D eigenvalue weighted by Gasteiger charge is 2.15. The van der Waals surface area contributed by atoms with Crippen LogP contribution in [0.25, 0.3) is 11.4 Å². The highest BCUT2D eigenvalue weighted by molar-refractivity contribution is 5.63. The van der Waals surface area contributed by atoms with Gasteiger partial charge in [-0.15, -0.1) is 0 Å². The van der Waals surface area contributed by atoms with Crippen LogP contribution >= 0.6 is 0 Å². The number of anilines is 1. The zero-order valence-corrected chi connectivity index (χ0v) is 16.0. The largest absolute Gasteiger partial charge is 0.497 e. The summed E-state index contributed by atoms with van der Waals surface area (Å²) in [4.78, 5) is 9.31. The number of aromatic nitrogens is 4. The van der Waals surface area contributed by atoms with E-state index in [-0.39, 0.29) is 0 Å². The molecule has 2 aromatic heterocycles. The van der Waals surface area contributed by atoms with E-state index in [4.69, 9.17) is 9.72 Å². The fourth-order valence-electron chi connectivity index (χ4n) is 3.00. The van der Waals surface area contributed by atoms with Crippen molar-refractivity contribution >= 4 is 5.82 Å². The number of benzene rings is 1. The van der Waals surface area contributed by atoms with E-state index < -0.39 is 0 Å². The zero-order valence-electron chi connectivity index (χ0n) is 16.0. The Balaban J connectivity index is 1.73. The van der Waals surface area contributed by atoms with Crippen LogP contribution in [0.5, 0.6) is 5.75 Å². The summed E-state index contributed by atoms with van der Waals surface area (Å²) in [6.45, 7) is 6.82. The van der Waals surface area contributed by atoms with Crippen molar-refractivity contribution < 1.29 is 4.74 Å². The van der Waals surface area contributed by atoms with Crippen LogP contribution in [-0.4, -0.2) is 33.4 Å². The number of hydrogen-bond donors (Lipinski definition) is 1. The van der Waals surface area contributed by atoms with E-state index in [9.17, 15) is 0 Å². The topological polar surface area (TPSA) is 64.9 Å². The van der Waals surface area contributed by atoms with Gasteiger partial charge in [0.25, 0.3) is 0 Å². The van der Waals surface area contributed by atoms with Crippen molar-refractivity contribution in [3.05, 3.63) is 53.0 Å². The molecule has 2 heterocycles. The molecular weight excluding hydrogens is 326 g/mol. The molecular formula is C20H25N5O. The lowest BCUT2D eigenvalue weighted by molar-refractivity contribution is 0.414. The Hall–Kier alpha value is -2.89. The summed E-state index contributed by atoms with van der Waals surface area (Å²) in [6.07, 6.45) is 0.910. The molecule has 6 nitrogen and oxygen atoms in total. The number of aryl methyl sites for hydroxylation is 3. The van der Waals surface area contributed by atoms with Gasteiger partial charge in [-0.25, -0.2) is 9.97 Å². The number of ether oxygens (including phenoxy) is 1. The van der Waals surface area contributed by atoms with Gasteiger partial charge in [0, 0.05) is 31.0 Å². The van der Waals surface area contributed by atoms with Gasteiger partial charge in [0.05, 0.1) is 18.4 Å². The van der Waals surface area contributed by atoms with Crippen LogP contribution in [-0.2, 0) is 13.5 Å². The van der Waals surface area contributed by atoms with Gasteiger partial charge >= 0.3 is 0 Å². The maximum atomic E-state index is 5.19. The summed E-state index contributed by atoms with van der Waals surface area (Å²) >= 11 is 0. The molecule has 136 valence electrons. The molecule has 0 aliphatic carbocycles. The average Bonchev–Trinajstić information content (AvgIpc) is 2.87. The maximum absolute atomic E-state index is 5.19. The smallest absolute Gasteiger partial charge is 0.165 e. The average molecular weight is 351 g/mol. The predicted octanol–water partition coefficient (Wildman–Crippen LogP) is 3.47. The van der Waals surface area contributed by atoms with Gasteiger partial charge in [0.15, 0.2) is 5.82 Å². The lowest BCUT2D eigenvalue weighted by Gasteiger charge is -2.09. The Kier molecular flexibility index (Phi) is 5.21. The van der Waals surface area contributed by atoms with Gasteiger partial charge in [-0.05, 0) is 44.9 Å². The lowest BCUT2D eigenvalue weighted by atomic mass is 10.1. The molecule has 0 spiro atoms. The first kappa shape index (κ1) is 17.9. The van der Waals surface area contributed by atoms with Crippen molar-refractivity contribution in [3.8, 4) is 17.1 Å². The molecule has 0 radical (unpaired) electrons. The van der Waals surface area contributed by atoms with E-state index in [1.165, 1.54) is 5.56 Å². The third kappa shape index (κ3) is 3.85. The van der Waals surface area contributed by atoms with Crippen molar-refractivity contribution in [1.29, 1.82) is 0 Å². The maximum Gasteiger partial charge on any atom is 0.165 e. The second-order valence-corrected chi connectivity index (χ2v) is 6.41. The molecule has 6 heteroatoms. The fourth-order valence-corrected chi connectivity index (χ4v) is 3.00. The molecule has 0 aliphatic heterocycles. The third-order valence-corrected chi connectivity index (χ3v) is 4.47. The number of nitrogens with one attached hydrogen (secondary N) is 1. The molecule has 0 bridgehead atoms.